The molecule has 2 atom stereocenters. The molecule has 286 valence electrons. The number of benzene rings is 2. The van der Waals surface area contributed by atoms with Gasteiger partial charge in [-0.1, -0.05) is 67.9 Å². The largest absolute Gasteiger partial charge is 0.447 e. The highest BCUT2D eigenvalue weighted by Crippen LogP contribution is 2.49. The standard InChI is InChI=1S/C35H36ClF5N10O3/c1-32(2,3)17-34(21-7-4-19(5-8-21)24-15-49(48-47-24)22-9-10-22)29(52)50(30(42)45-34)26(16-54-31(53)46-33(12-13-33)35(39,40)41)20-6-11-23(36)25(14-20)51-28(27(37)38)43-18-44-51/h4-8,11,14-15,18,22,26-27H,9-10,12-13,16-17H2,1-3H3,(H2,42,45)(H,46,53)/t26-,34-/m1/s1. The van der Waals surface area contributed by atoms with Crippen LogP contribution in [0.4, 0.5) is 26.7 Å². The minimum absolute atomic E-state index is 0.0156. The highest BCUT2D eigenvalue weighted by Gasteiger charge is 2.64. The number of alkyl carbamates (subject to hydrolysis) is 1. The van der Waals surface area contributed by atoms with Crippen molar-refractivity contribution in [1.82, 2.24) is 40.0 Å². The highest BCUT2D eigenvalue weighted by atomic mass is 35.5. The maximum Gasteiger partial charge on any atom is 0.411 e. The summed E-state index contributed by atoms with van der Waals surface area (Å²) >= 11 is 6.44. The molecule has 1 aliphatic heterocycles. The minimum Gasteiger partial charge on any atom is -0.447 e. The van der Waals surface area contributed by atoms with Gasteiger partial charge in [-0.3, -0.25) is 9.69 Å². The number of aromatic nitrogens is 6. The van der Waals surface area contributed by atoms with Crippen LogP contribution in [-0.2, 0) is 15.1 Å². The molecule has 3 aliphatic rings. The zero-order valence-electron chi connectivity index (χ0n) is 29.3. The van der Waals surface area contributed by atoms with Gasteiger partial charge in [0.15, 0.2) is 17.3 Å². The number of nitrogens with two attached hydrogens (primary N) is 1. The molecule has 0 bridgehead atoms. The first-order chi connectivity index (χ1) is 25.4. The number of aliphatic imine (C=N–C) groups is 1. The molecule has 0 unspecified atom stereocenters. The SMILES string of the molecule is CC(C)(C)C[C@]1(c2ccc(-c3cn(C4CC4)nn3)cc2)N=C(N)N([C@H](COC(=O)NC2(C(F)(F)F)CC2)c2ccc(Cl)c(-n3ncnc3C(F)F)c2)C1=O. The van der Waals surface area contributed by atoms with Crippen molar-refractivity contribution in [3.8, 4) is 16.9 Å². The van der Waals surface area contributed by atoms with Crippen LogP contribution in [0.2, 0.25) is 5.02 Å². The molecule has 4 aromatic rings. The molecule has 3 heterocycles. The van der Waals surface area contributed by atoms with Crippen molar-refractivity contribution < 1.29 is 36.3 Å². The van der Waals surface area contributed by atoms with E-state index in [0.717, 1.165) is 34.3 Å². The molecular weight excluding hydrogens is 739 g/mol. The van der Waals surface area contributed by atoms with Gasteiger partial charge in [0, 0.05) is 5.56 Å². The third-order valence-corrected chi connectivity index (χ3v) is 9.99. The molecule has 3 N–H and O–H groups in total. The Morgan fingerprint density at radius 3 is 2.43 bits per heavy atom. The predicted molar refractivity (Wildman–Crippen MR) is 185 cm³/mol. The van der Waals surface area contributed by atoms with Crippen molar-refractivity contribution in [1.29, 1.82) is 0 Å². The fourth-order valence-corrected chi connectivity index (χ4v) is 6.91. The number of nitrogens with one attached hydrogen (secondary N) is 1. The first-order valence-corrected chi connectivity index (χ1v) is 17.5. The fourth-order valence-electron chi connectivity index (χ4n) is 6.71. The summed E-state index contributed by atoms with van der Waals surface area (Å²) in [6, 6.07) is 10.2. The fraction of sp³-hybridized carbons (Fsp3) is 0.457. The average molecular weight is 775 g/mol. The van der Waals surface area contributed by atoms with Crippen LogP contribution < -0.4 is 11.1 Å². The number of nitrogens with zero attached hydrogens (tertiary/aromatic N) is 8. The number of halogens is 6. The van der Waals surface area contributed by atoms with E-state index in [1.165, 1.54) is 18.2 Å². The Bertz CT molecular complexity index is 2100. The molecule has 0 spiro atoms. The molecule has 2 saturated carbocycles. The Morgan fingerprint density at radius 2 is 1.81 bits per heavy atom. The second-order valence-electron chi connectivity index (χ2n) is 15.0. The topological polar surface area (TPSA) is 158 Å². The van der Waals surface area contributed by atoms with Gasteiger partial charge in [0.2, 0.25) is 0 Å². The van der Waals surface area contributed by atoms with Crippen LogP contribution in [-0.4, -0.2) is 70.9 Å². The summed E-state index contributed by atoms with van der Waals surface area (Å²) in [7, 11) is 0. The molecule has 0 radical (unpaired) electrons. The Kier molecular flexibility index (Phi) is 9.17. The van der Waals surface area contributed by atoms with E-state index >= 15 is 0 Å². The van der Waals surface area contributed by atoms with E-state index in [1.807, 2.05) is 37.0 Å². The van der Waals surface area contributed by atoms with Crippen LogP contribution in [0.3, 0.4) is 0 Å². The molecule has 19 heteroatoms. The van der Waals surface area contributed by atoms with Crippen molar-refractivity contribution in [2.45, 2.75) is 88.6 Å². The number of carbonyl (C=O) groups is 2. The van der Waals surface area contributed by atoms with E-state index in [4.69, 9.17) is 27.1 Å². The Morgan fingerprint density at radius 1 is 1.11 bits per heavy atom. The van der Waals surface area contributed by atoms with Gasteiger partial charge < -0.3 is 15.8 Å². The molecule has 13 nitrogen and oxygen atoms in total. The summed E-state index contributed by atoms with van der Waals surface area (Å²) in [6.07, 6.45) is -4.75. The molecule has 54 heavy (non-hydrogen) atoms. The normalized spacial score (nSPS) is 20.3. The van der Waals surface area contributed by atoms with E-state index in [1.54, 1.807) is 24.3 Å². The van der Waals surface area contributed by atoms with Gasteiger partial charge in [-0.15, -0.1) is 5.10 Å². The number of ether oxygens (including phenoxy) is 1. The van der Waals surface area contributed by atoms with E-state index in [2.05, 4.69) is 20.4 Å². The lowest BCUT2D eigenvalue weighted by Gasteiger charge is -2.35. The van der Waals surface area contributed by atoms with Crippen molar-refractivity contribution in [3.05, 3.63) is 77.0 Å². The van der Waals surface area contributed by atoms with Gasteiger partial charge in [-0.2, -0.15) is 18.3 Å². The Hall–Kier alpha value is -5.13. The number of amides is 2. The lowest BCUT2D eigenvalue weighted by atomic mass is 9.75. The van der Waals surface area contributed by atoms with Crippen molar-refractivity contribution in [3.63, 3.8) is 0 Å². The first kappa shape index (κ1) is 37.2. The van der Waals surface area contributed by atoms with Crippen LogP contribution >= 0.6 is 11.6 Å². The van der Waals surface area contributed by atoms with Crippen LogP contribution in [0.1, 0.15) is 88.3 Å². The number of alkyl halides is 5. The smallest absolute Gasteiger partial charge is 0.411 e. The van der Waals surface area contributed by atoms with Crippen LogP contribution in [0, 0.1) is 5.41 Å². The quantitative estimate of drug-likeness (QED) is 0.158. The molecule has 2 aromatic heterocycles. The van der Waals surface area contributed by atoms with Gasteiger partial charge in [-0.25, -0.2) is 32.9 Å². The summed E-state index contributed by atoms with van der Waals surface area (Å²) in [6.45, 7) is 5.06. The number of rotatable bonds is 11. The number of guanidine groups is 1. The number of carbonyl (C=O) groups excluding carboxylic acids is 2. The minimum atomic E-state index is -4.71. The molecule has 2 aromatic carbocycles. The average Bonchev–Trinajstić information content (AvgIpc) is 3.97. The third-order valence-electron chi connectivity index (χ3n) is 9.67. The lowest BCUT2D eigenvalue weighted by molar-refractivity contribution is -0.164. The van der Waals surface area contributed by atoms with Gasteiger partial charge in [0.25, 0.3) is 12.3 Å². The third kappa shape index (κ3) is 6.98. The van der Waals surface area contributed by atoms with E-state index < -0.39 is 59.6 Å². The summed E-state index contributed by atoms with van der Waals surface area (Å²) in [5, 5.41) is 14.3. The van der Waals surface area contributed by atoms with Gasteiger partial charge >= 0.3 is 12.3 Å². The first-order valence-electron chi connectivity index (χ1n) is 17.1. The molecule has 7 rings (SSSR count). The number of hydrogen-bond donors (Lipinski definition) is 2. The Labute approximate surface area is 310 Å². The van der Waals surface area contributed by atoms with E-state index in [9.17, 15) is 31.5 Å². The zero-order chi connectivity index (χ0) is 38.8. The molecule has 2 aliphatic carbocycles. The maximum atomic E-state index is 15.0. The summed E-state index contributed by atoms with van der Waals surface area (Å²) in [4.78, 5) is 37.3. The zero-order valence-corrected chi connectivity index (χ0v) is 30.1. The highest BCUT2D eigenvalue weighted by molar-refractivity contribution is 6.32. The second kappa shape index (κ2) is 13.3. The lowest BCUT2D eigenvalue weighted by Crippen LogP contribution is -2.50. The predicted octanol–water partition coefficient (Wildman–Crippen LogP) is 6.80. The van der Waals surface area contributed by atoms with Crippen molar-refractivity contribution in [2.75, 3.05) is 6.61 Å². The van der Waals surface area contributed by atoms with Gasteiger partial charge in [-0.05, 0) is 60.8 Å². The van der Waals surface area contributed by atoms with Gasteiger partial charge in [0.05, 0.1) is 29.0 Å². The van der Waals surface area contributed by atoms with Crippen LogP contribution in [0.5, 0.6) is 0 Å². The monoisotopic (exact) mass is 774 g/mol. The van der Waals surface area contributed by atoms with Crippen molar-refractivity contribution in [2.24, 2.45) is 16.1 Å². The molecule has 2 fully saturated rings. The summed E-state index contributed by atoms with van der Waals surface area (Å²) in [5.41, 5.74) is 4.07. The van der Waals surface area contributed by atoms with Crippen LogP contribution in [0.15, 0.2) is 60.0 Å². The molecule has 2 amide bonds. The maximum absolute atomic E-state index is 15.0. The summed E-state index contributed by atoms with van der Waals surface area (Å²) in [5.74, 6) is -1.60. The summed E-state index contributed by atoms with van der Waals surface area (Å²) < 4.78 is 76.7. The van der Waals surface area contributed by atoms with Crippen LogP contribution in [0.25, 0.3) is 16.9 Å². The van der Waals surface area contributed by atoms with Gasteiger partial charge in [0.1, 0.15) is 24.2 Å². The molecule has 0 saturated heterocycles. The van der Waals surface area contributed by atoms with Crippen molar-refractivity contribution >= 4 is 29.6 Å². The Balaban J connectivity index is 1.26. The number of hydrogen-bond acceptors (Lipinski definition) is 9. The second-order valence-corrected chi connectivity index (χ2v) is 15.4. The van der Waals surface area contributed by atoms with E-state index in [0.29, 0.717) is 17.3 Å². The molecular formula is C35H36ClF5N10O3. The van der Waals surface area contributed by atoms with E-state index in [-0.39, 0.29) is 41.5 Å².